The second-order valence-corrected chi connectivity index (χ2v) is 5.44. The quantitative estimate of drug-likeness (QED) is 0.0596. The number of esters is 3. The highest BCUT2D eigenvalue weighted by Crippen LogP contribution is 2.16. The van der Waals surface area contributed by atoms with Crippen LogP contribution in [0.25, 0.3) is 10.4 Å². The fraction of sp³-hybridized carbons (Fsp3) is 0.643. The molecule has 0 heterocycles. The molecule has 168 valence electrons. The van der Waals surface area contributed by atoms with Crippen molar-refractivity contribution in [3.05, 3.63) is 10.4 Å². The number of amides is 1. The van der Waals surface area contributed by atoms with E-state index in [1.165, 1.54) is 5.32 Å². The lowest BCUT2D eigenvalue weighted by Gasteiger charge is -2.30. The van der Waals surface area contributed by atoms with Gasteiger partial charge < -0.3 is 34.5 Å². The summed E-state index contributed by atoms with van der Waals surface area (Å²) in [4.78, 5) is 57.8. The Balaban J connectivity index is 5.37. The Morgan fingerprint density at radius 3 is 2.23 bits per heavy atom. The maximum absolute atomic E-state index is 13.0. The lowest BCUT2D eigenvalue weighted by Crippen LogP contribution is -2.52. The van der Waals surface area contributed by atoms with E-state index in [-0.39, 0.29) is 6.29 Å². The maximum atomic E-state index is 13.0. The summed E-state index contributed by atoms with van der Waals surface area (Å²) in [5.41, 5.74) is 7.95. The minimum absolute atomic E-state index is 0.151. The molecule has 0 aliphatic heterocycles. The van der Waals surface area contributed by atoms with E-state index in [1.807, 2.05) is 5.11 Å². The number of azide groups is 1. The normalized spacial score (nSPS) is 14.7. The molecule has 1 amide bonds. The lowest BCUT2D eigenvalue weighted by molar-refractivity contribution is -0.190. The molecule has 14 nitrogen and oxygen atoms in total. The standard InChI is InChI=1S/C14H18F2N4O10/c1-6(22)28-5-9(25)12(29-7(2)23)11(8(24)4-21)30-10(26)3-18-13(27)14(15,16)19-20-17/h4,8-9,11-12,24-25H,3,5H2,1-2H3,(H,18,27)/t8-,9+,11+,12-/m0/s1. The van der Waals surface area contributed by atoms with Crippen LogP contribution in [0, 0.1) is 0 Å². The van der Waals surface area contributed by atoms with Crippen LogP contribution in [0.5, 0.6) is 0 Å². The molecule has 0 aromatic carbocycles. The molecule has 4 atom stereocenters. The van der Waals surface area contributed by atoms with Crippen molar-refractivity contribution in [2.45, 2.75) is 44.3 Å². The van der Waals surface area contributed by atoms with Crippen LogP contribution in [0.15, 0.2) is 5.11 Å². The first-order chi connectivity index (χ1) is 13.8. The Kier molecular flexibility index (Phi) is 10.9. The highest BCUT2D eigenvalue weighted by atomic mass is 19.3. The average molecular weight is 440 g/mol. The van der Waals surface area contributed by atoms with Crippen LogP contribution in [0.3, 0.4) is 0 Å². The first kappa shape index (κ1) is 26.6. The number of nitrogens with one attached hydrogen (secondary N) is 1. The van der Waals surface area contributed by atoms with E-state index in [2.05, 4.69) is 9.47 Å². The van der Waals surface area contributed by atoms with Gasteiger partial charge in [0.2, 0.25) is 0 Å². The van der Waals surface area contributed by atoms with E-state index >= 15 is 0 Å². The molecule has 0 saturated carbocycles. The first-order valence-electron chi connectivity index (χ1n) is 7.89. The van der Waals surface area contributed by atoms with Crippen molar-refractivity contribution in [3.63, 3.8) is 0 Å². The second-order valence-electron chi connectivity index (χ2n) is 5.44. The van der Waals surface area contributed by atoms with E-state index in [9.17, 15) is 43.0 Å². The number of rotatable bonds is 12. The third kappa shape index (κ3) is 9.22. The number of aliphatic hydroxyl groups is 2. The topological polar surface area (TPSA) is 214 Å². The van der Waals surface area contributed by atoms with Gasteiger partial charge in [0, 0.05) is 18.8 Å². The van der Waals surface area contributed by atoms with Crippen molar-refractivity contribution in [1.82, 2.24) is 5.32 Å². The Morgan fingerprint density at radius 2 is 1.77 bits per heavy atom. The van der Waals surface area contributed by atoms with Crippen LogP contribution in [0.2, 0.25) is 0 Å². The van der Waals surface area contributed by atoms with Crippen LogP contribution in [0.1, 0.15) is 13.8 Å². The third-order valence-corrected chi connectivity index (χ3v) is 3.04. The summed E-state index contributed by atoms with van der Waals surface area (Å²) >= 11 is 0. The predicted molar refractivity (Wildman–Crippen MR) is 87.2 cm³/mol. The monoisotopic (exact) mass is 440 g/mol. The Labute approximate surface area is 166 Å². The molecule has 0 unspecified atom stereocenters. The molecule has 16 heteroatoms. The van der Waals surface area contributed by atoms with Gasteiger partial charge in [-0.1, -0.05) is 0 Å². The molecular formula is C14H18F2N4O10. The summed E-state index contributed by atoms with van der Waals surface area (Å²) in [6.45, 7) is -0.178. The SMILES string of the molecule is CC(=O)OC[C@@H](O)[C@H](OC(C)=O)[C@H](OC(=O)CNC(=O)C(F)(F)N=[N+]=[N-])[C@@H](O)C=O. The van der Waals surface area contributed by atoms with Gasteiger partial charge in [0.15, 0.2) is 18.5 Å². The van der Waals surface area contributed by atoms with E-state index in [1.54, 1.807) is 4.91 Å². The van der Waals surface area contributed by atoms with Crippen molar-refractivity contribution in [2.75, 3.05) is 13.2 Å². The van der Waals surface area contributed by atoms with Gasteiger partial charge >= 0.3 is 24.0 Å². The summed E-state index contributed by atoms with van der Waals surface area (Å²) in [5.74, 6) is -5.56. The van der Waals surface area contributed by atoms with E-state index in [4.69, 9.17) is 10.3 Å². The van der Waals surface area contributed by atoms with Crippen molar-refractivity contribution in [3.8, 4) is 0 Å². The number of aldehydes is 1. The summed E-state index contributed by atoms with van der Waals surface area (Å²) < 4.78 is 39.9. The van der Waals surface area contributed by atoms with Crippen LogP contribution in [0.4, 0.5) is 8.78 Å². The fourth-order valence-electron chi connectivity index (χ4n) is 1.82. The minimum Gasteiger partial charge on any atom is -0.463 e. The van der Waals surface area contributed by atoms with Gasteiger partial charge in [0.05, 0.1) is 0 Å². The van der Waals surface area contributed by atoms with Crippen molar-refractivity contribution >= 4 is 30.1 Å². The molecule has 3 N–H and O–H groups in total. The second kappa shape index (κ2) is 12.3. The van der Waals surface area contributed by atoms with E-state index in [0.717, 1.165) is 13.8 Å². The minimum atomic E-state index is -4.52. The van der Waals surface area contributed by atoms with E-state index in [0.29, 0.717) is 0 Å². The number of carbonyl (C=O) groups excluding carboxylic acids is 5. The van der Waals surface area contributed by atoms with Gasteiger partial charge in [-0.25, -0.2) is 0 Å². The number of alkyl halides is 2. The molecule has 30 heavy (non-hydrogen) atoms. The molecule has 0 rings (SSSR count). The maximum Gasteiger partial charge on any atom is 0.401 e. The number of aliphatic hydroxyl groups excluding tert-OH is 2. The zero-order valence-corrected chi connectivity index (χ0v) is 15.6. The number of nitrogens with zero attached hydrogens (tertiary/aromatic N) is 3. The summed E-state index contributed by atoms with van der Waals surface area (Å²) in [6.07, 6.45) is -8.20. The van der Waals surface area contributed by atoms with E-state index < -0.39 is 67.4 Å². The highest BCUT2D eigenvalue weighted by Gasteiger charge is 2.41. The summed E-state index contributed by atoms with van der Waals surface area (Å²) in [5, 5.41) is 23.1. The molecule has 0 aliphatic rings. The van der Waals surface area contributed by atoms with Crippen molar-refractivity contribution in [2.24, 2.45) is 5.11 Å². The molecule has 0 aliphatic carbocycles. The number of hydrogen-bond donors (Lipinski definition) is 3. The highest BCUT2D eigenvalue weighted by molar-refractivity contribution is 5.86. The van der Waals surface area contributed by atoms with Gasteiger partial charge in [-0.05, 0) is 10.6 Å². The van der Waals surface area contributed by atoms with Gasteiger partial charge in [-0.2, -0.15) is 8.78 Å². The summed E-state index contributed by atoms with van der Waals surface area (Å²) in [7, 11) is 0. The number of halogens is 2. The Hall–Kier alpha value is -3.36. The van der Waals surface area contributed by atoms with Crippen molar-refractivity contribution in [1.29, 1.82) is 0 Å². The van der Waals surface area contributed by atoms with Crippen LogP contribution in [-0.4, -0.2) is 83.9 Å². The number of ether oxygens (including phenoxy) is 3. The zero-order chi connectivity index (χ0) is 23.5. The van der Waals surface area contributed by atoms with Gasteiger partial charge in [-0.15, -0.1) is 0 Å². The van der Waals surface area contributed by atoms with Crippen molar-refractivity contribution < 1.29 is 57.2 Å². The lowest BCUT2D eigenvalue weighted by atomic mass is 10.0. The molecule has 0 aromatic heterocycles. The fourth-order valence-corrected chi connectivity index (χ4v) is 1.82. The first-order valence-corrected chi connectivity index (χ1v) is 7.89. The zero-order valence-electron chi connectivity index (χ0n) is 15.6. The molecule has 0 bridgehead atoms. The summed E-state index contributed by atoms with van der Waals surface area (Å²) in [6, 6.07) is -4.52. The smallest absolute Gasteiger partial charge is 0.401 e. The molecule has 0 fully saturated rings. The largest absolute Gasteiger partial charge is 0.463 e. The number of carbonyl (C=O) groups is 5. The molecular weight excluding hydrogens is 422 g/mol. The van der Waals surface area contributed by atoms with Gasteiger partial charge in [0.25, 0.3) is 5.91 Å². The van der Waals surface area contributed by atoms with Crippen LogP contribution < -0.4 is 5.32 Å². The average Bonchev–Trinajstić information content (AvgIpc) is 2.65. The Bertz CT molecular complexity index is 713. The molecule has 0 saturated heterocycles. The van der Waals surface area contributed by atoms with Crippen LogP contribution in [-0.2, 0) is 38.2 Å². The number of hydrogen-bond acceptors (Lipinski definition) is 11. The van der Waals surface area contributed by atoms with Gasteiger partial charge in [0.1, 0.15) is 25.4 Å². The molecule has 0 aromatic rings. The van der Waals surface area contributed by atoms with Crippen LogP contribution >= 0.6 is 0 Å². The van der Waals surface area contributed by atoms with Gasteiger partial charge in [-0.3, -0.25) is 19.2 Å². The molecule has 0 spiro atoms. The third-order valence-electron chi connectivity index (χ3n) is 3.04. The molecule has 0 radical (unpaired) electrons. The predicted octanol–water partition coefficient (Wildman–Crippen LogP) is -1.67. The Morgan fingerprint density at radius 1 is 1.17 bits per heavy atom.